The lowest BCUT2D eigenvalue weighted by Crippen LogP contribution is -2.40. The van der Waals surface area contributed by atoms with Gasteiger partial charge in [0, 0.05) is 24.8 Å². The van der Waals surface area contributed by atoms with Crippen LogP contribution in [0.25, 0.3) is 27.8 Å². The number of fused-ring (bicyclic) bond motifs is 2. The highest BCUT2D eigenvalue weighted by molar-refractivity contribution is 5.85. The van der Waals surface area contributed by atoms with Gasteiger partial charge in [-0.1, -0.05) is 6.92 Å². The van der Waals surface area contributed by atoms with Crippen molar-refractivity contribution in [2.24, 2.45) is 5.92 Å². The highest BCUT2D eigenvalue weighted by Gasteiger charge is 2.29. The van der Waals surface area contributed by atoms with E-state index >= 15 is 0 Å². The third-order valence-electron chi connectivity index (χ3n) is 7.25. The topological polar surface area (TPSA) is 80.5 Å². The summed E-state index contributed by atoms with van der Waals surface area (Å²) >= 11 is 0. The van der Waals surface area contributed by atoms with E-state index in [4.69, 9.17) is 4.74 Å². The maximum Gasteiger partial charge on any atom is 0.326 e. The highest BCUT2D eigenvalue weighted by Crippen LogP contribution is 2.34. The number of aromatic amines is 1. The Labute approximate surface area is 192 Å². The number of aromatic nitrogens is 5. The maximum atomic E-state index is 13.1. The largest absolute Gasteiger partial charge is 0.493 e. The van der Waals surface area contributed by atoms with Gasteiger partial charge in [-0.05, 0) is 73.9 Å². The molecule has 4 aromatic rings. The SMILES string of the molecule is CCc1cc2c(cc1-c1cc(OC)c3ncnn3c1)[nH]c(=O)n2[C@@H]1CCCN(CC2CC2)C1. The van der Waals surface area contributed by atoms with Crippen molar-refractivity contribution in [2.45, 2.75) is 45.1 Å². The molecule has 1 N–H and O–H groups in total. The fourth-order valence-corrected chi connectivity index (χ4v) is 5.41. The highest BCUT2D eigenvalue weighted by atomic mass is 16.5. The van der Waals surface area contributed by atoms with Crippen LogP contribution < -0.4 is 10.4 Å². The van der Waals surface area contributed by atoms with Crippen LogP contribution in [-0.2, 0) is 6.42 Å². The third-order valence-corrected chi connectivity index (χ3v) is 7.25. The number of aryl methyl sites for hydroxylation is 1. The van der Waals surface area contributed by atoms with Crippen molar-refractivity contribution in [3.05, 3.63) is 46.8 Å². The normalized spacial score (nSPS) is 19.5. The summed E-state index contributed by atoms with van der Waals surface area (Å²) in [5, 5.41) is 4.30. The number of likely N-dealkylation sites (tertiary alicyclic amines) is 1. The molecule has 6 rings (SSSR count). The van der Waals surface area contributed by atoms with E-state index in [1.807, 2.05) is 16.8 Å². The molecule has 172 valence electrons. The number of rotatable bonds is 6. The second kappa shape index (κ2) is 8.02. The van der Waals surface area contributed by atoms with Gasteiger partial charge in [-0.3, -0.25) is 4.57 Å². The number of H-pyrrole nitrogens is 1. The van der Waals surface area contributed by atoms with E-state index in [9.17, 15) is 4.79 Å². The van der Waals surface area contributed by atoms with Crippen molar-refractivity contribution in [3.8, 4) is 16.9 Å². The fourth-order valence-electron chi connectivity index (χ4n) is 5.41. The van der Waals surface area contributed by atoms with Crippen molar-refractivity contribution >= 4 is 16.7 Å². The average molecular weight is 447 g/mol. The predicted molar refractivity (Wildman–Crippen MR) is 128 cm³/mol. The van der Waals surface area contributed by atoms with Crippen LogP contribution in [0, 0.1) is 5.92 Å². The first-order chi connectivity index (χ1) is 16.1. The maximum absolute atomic E-state index is 13.1. The zero-order valence-corrected chi connectivity index (χ0v) is 19.3. The molecule has 1 aromatic carbocycles. The standard InChI is InChI=1S/C25H30N6O2/c1-3-17-9-22-21(11-20(17)18-10-23(33-2)24-26-15-27-30(24)13-18)28-25(32)31(22)19-5-4-8-29(14-19)12-16-6-7-16/h9-11,13,15-16,19H,3-8,12,14H2,1-2H3,(H,28,32)/t19-/m1/s1. The fraction of sp³-hybridized carbons (Fsp3) is 0.480. The van der Waals surface area contributed by atoms with Gasteiger partial charge in [0.15, 0.2) is 11.4 Å². The number of pyridine rings is 1. The Bertz CT molecular complexity index is 1380. The van der Waals surface area contributed by atoms with Gasteiger partial charge in [0.2, 0.25) is 0 Å². The van der Waals surface area contributed by atoms with Crippen molar-refractivity contribution in [3.63, 3.8) is 0 Å². The lowest BCUT2D eigenvalue weighted by molar-refractivity contribution is 0.171. The summed E-state index contributed by atoms with van der Waals surface area (Å²) in [6, 6.07) is 6.52. The van der Waals surface area contributed by atoms with Crippen LogP contribution in [0.1, 0.15) is 44.2 Å². The molecule has 8 nitrogen and oxygen atoms in total. The molecule has 3 aromatic heterocycles. The molecule has 33 heavy (non-hydrogen) atoms. The lowest BCUT2D eigenvalue weighted by Gasteiger charge is -2.33. The van der Waals surface area contributed by atoms with E-state index in [0.29, 0.717) is 11.4 Å². The molecule has 4 heterocycles. The number of hydrogen-bond acceptors (Lipinski definition) is 5. The number of imidazole rings is 1. The van der Waals surface area contributed by atoms with E-state index in [1.165, 1.54) is 31.3 Å². The summed E-state index contributed by atoms with van der Waals surface area (Å²) in [4.78, 5) is 23.1. The zero-order chi connectivity index (χ0) is 22.5. The number of hydrogen-bond donors (Lipinski definition) is 1. The molecule has 0 amide bonds. The molecule has 0 radical (unpaired) electrons. The van der Waals surface area contributed by atoms with Crippen LogP contribution in [0.2, 0.25) is 0 Å². The molecule has 1 saturated carbocycles. The van der Waals surface area contributed by atoms with Crippen molar-refractivity contribution in [1.82, 2.24) is 29.0 Å². The van der Waals surface area contributed by atoms with Crippen molar-refractivity contribution < 1.29 is 4.74 Å². The quantitative estimate of drug-likeness (QED) is 0.489. The predicted octanol–water partition coefficient (Wildman–Crippen LogP) is 3.66. The summed E-state index contributed by atoms with van der Waals surface area (Å²) in [6.45, 7) is 5.46. The Kier molecular flexibility index (Phi) is 4.98. The monoisotopic (exact) mass is 446 g/mol. The molecule has 0 unspecified atom stereocenters. The zero-order valence-electron chi connectivity index (χ0n) is 19.3. The van der Waals surface area contributed by atoms with Gasteiger partial charge in [-0.2, -0.15) is 5.10 Å². The van der Waals surface area contributed by atoms with Crippen LogP contribution in [0.5, 0.6) is 5.75 Å². The molecule has 1 aliphatic carbocycles. The van der Waals surface area contributed by atoms with Crippen molar-refractivity contribution in [1.29, 1.82) is 0 Å². The average Bonchev–Trinajstić information content (AvgIpc) is 3.39. The minimum Gasteiger partial charge on any atom is -0.493 e. The van der Waals surface area contributed by atoms with Gasteiger partial charge in [0.1, 0.15) is 6.33 Å². The first-order valence-electron chi connectivity index (χ1n) is 12.0. The minimum absolute atomic E-state index is 0.00761. The Morgan fingerprint density at radius 3 is 2.88 bits per heavy atom. The molecular weight excluding hydrogens is 416 g/mol. The van der Waals surface area contributed by atoms with E-state index < -0.39 is 0 Å². The molecule has 2 aliphatic rings. The third kappa shape index (κ3) is 3.62. The molecule has 1 aliphatic heterocycles. The summed E-state index contributed by atoms with van der Waals surface area (Å²) < 4.78 is 9.31. The Morgan fingerprint density at radius 2 is 2.09 bits per heavy atom. The summed E-state index contributed by atoms with van der Waals surface area (Å²) in [5.74, 6) is 1.55. The molecule has 0 spiro atoms. The van der Waals surface area contributed by atoms with Crippen LogP contribution in [0.15, 0.2) is 35.5 Å². The first kappa shape index (κ1) is 20.5. The van der Waals surface area contributed by atoms with E-state index in [1.54, 1.807) is 11.6 Å². The van der Waals surface area contributed by atoms with Crippen LogP contribution in [-0.4, -0.2) is 55.8 Å². The molecule has 1 saturated heterocycles. The van der Waals surface area contributed by atoms with E-state index in [-0.39, 0.29) is 11.7 Å². The van der Waals surface area contributed by atoms with Gasteiger partial charge in [-0.25, -0.2) is 14.3 Å². The molecule has 1 atom stereocenters. The number of piperidine rings is 1. The number of ether oxygens (including phenoxy) is 1. The lowest BCUT2D eigenvalue weighted by atomic mass is 9.97. The number of nitrogens with zero attached hydrogens (tertiary/aromatic N) is 5. The number of methoxy groups -OCH3 is 1. The summed E-state index contributed by atoms with van der Waals surface area (Å²) in [5.41, 5.74) is 5.83. The van der Waals surface area contributed by atoms with Gasteiger partial charge >= 0.3 is 5.69 Å². The molecule has 2 fully saturated rings. The Hall–Kier alpha value is -3.13. The van der Waals surface area contributed by atoms with Gasteiger partial charge < -0.3 is 14.6 Å². The van der Waals surface area contributed by atoms with Crippen LogP contribution >= 0.6 is 0 Å². The van der Waals surface area contributed by atoms with Crippen LogP contribution in [0.4, 0.5) is 0 Å². The first-order valence-corrected chi connectivity index (χ1v) is 12.0. The summed E-state index contributed by atoms with van der Waals surface area (Å²) in [6.07, 6.45) is 9.28. The van der Waals surface area contributed by atoms with E-state index in [2.05, 4.69) is 39.0 Å². The van der Waals surface area contributed by atoms with E-state index in [0.717, 1.165) is 60.4 Å². The Morgan fingerprint density at radius 1 is 1.21 bits per heavy atom. The Balaban J connectivity index is 1.43. The second-order valence-electron chi connectivity index (χ2n) is 9.50. The van der Waals surface area contributed by atoms with Gasteiger partial charge in [0.25, 0.3) is 0 Å². The minimum atomic E-state index is -0.00761. The van der Waals surface area contributed by atoms with Gasteiger partial charge in [-0.15, -0.1) is 0 Å². The second-order valence-corrected chi connectivity index (χ2v) is 9.50. The number of benzene rings is 1. The van der Waals surface area contributed by atoms with Crippen LogP contribution in [0.3, 0.4) is 0 Å². The summed E-state index contributed by atoms with van der Waals surface area (Å²) in [7, 11) is 1.64. The van der Waals surface area contributed by atoms with Gasteiger partial charge in [0.05, 0.1) is 24.2 Å². The number of nitrogens with one attached hydrogen (secondary N) is 1. The smallest absolute Gasteiger partial charge is 0.326 e. The molecular formula is C25H30N6O2. The van der Waals surface area contributed by atoms with Crippen molar-refractivity contribution in [2.75, 3.05) is 26.7 Å². The molecule has 0 bridgehead atoms. The molecule has 8 heteroatoms.